The average molecular weight is 297 g/mol. The molecule has 21 heavy (non-hydrogen) atoms. The Balaban J connectivity index is 2.01. The second-order valence-electron chi connectivity index (χ2n) is 5.60. The van der Waals surface area contributed by atoms with Crippen LogP contribution in [0.15, 0.2) is 24.3 Å². The molecule has 1 aromatic carbocycles. The predicted molar refractivity (Wildman–Crippen MR) is 76.3 cm³/mol. The summed E-state index contributed by atoms with van der Waals surface area (Å²) in [5, 5.41) is 8.82. The highest BCUT2D eigenvalue weighted by Crippen LogP contribution is 2.25. The van der Waals surface area contributed by atoms with Crippen LogP contribution in [0.2, 0.25) is 0 Å². The molecule has 0 radical (unpaired) electrons. The zero-order chi connectivity index (χ0) is 15.2. The van der Waals surface area contributed by atoms with E-state index in [0.717, 1.165) is 31.4 Å². The molecule has 0 bridgehead atoms. The quantitative estimate of drug-likeness (QED) is 0.867. The van der Waals surface area contributed by atoms with Crippen LogP contribution in [-0.4, -0.2) is 28.6 Å². The Morgan fingerprint density at radius 3 is 2.90 bits per heavy atom. The van der Waals surface area contributed by atoms with E-state index in [4.69, 9.17) is 5.11 Å². The molecule has 1 fully saturated rings. The number of benzene rings is 1. The van der Waals surface area contributed by atoms with Crippen LogP contribution < -0.4 is 0 Å². The predicted octanol–water partition coefficient (Wildman–Crippen LogP) is 3.84. The number of hydrogen-bond donors (Lipinski definition) is 1. The van der Waals surface area contributed by atoms with E-state index in [1.165, 1.54) is 6.07 Å². The molecule has 0 amide bonds. The first-order valence-corrected chi connectivity index (χ1v) is 7.39. The smallest absolute Gasteiger partial charge is 0.303 e. The van der Waals surface area contributed by atoms with Gasteiger partial charge in [-0.3, -0.25) is 9.69 Å². The lowest BCUT2D eigenvalue weighted by Crippen LogP contribution is -2.39. The minimum absolute atomic E-state index is 0.0478. The number of carboxylic acid groups (broad SMARTS) is 1. The van der Waals surface area contributed by atoms with E-state index in [-0.39, 0.29) is 18.0 Å². The van der Waals surface area contributed by atoms with Crippen LogP contribution in [0.4, 0.5) is 8.78 Å². The lowest BCUT2D eigenvalue weighted by molar-refractivity contribution is -0.137. The largest absolute Gasteiger partial charge is 0.481 e. The van der Waals surface area contributed by atoms with Gasteiger partial charge < -0.3 is 5.11 Å². The van der Waals surface area contributed by atoms with Crippen molar-refractivity contribution < 1.29 is 18.7 Å². The summed E-state index contributed by atoms with van der Waals surface area (Å²) in [6.07, 6.45) is 1.52. The number of nitrogens with zero attached hydrogens (tertiary/aromatic N) is 1. The van der Waals surface area contributed by atoms with E-state index in [1.54, 1.807) is 12.1 Å². The van der Waals surface area contributed by atoms with Gasteiger partial charge in [-0.1, -0.05) is 24.6 Å². The zero-order valence-corrected chi connectivity index (χ0v) is 12.0. The van der Waals surface area contributed by atoms with Crippen LogP contribution in [0.1, 0.15) is 49.7 Å². The second-order valence-corrected chi connectivity index (χ2v) is 5.60. The Kier molecular flexibility index (Phi) is 5.67. The molecule has 1 heterocycles. The number of aliphatic carboxylic acids is 1. The van der Waals surface area contributed by atoms with Gasteiger partial charge in [-0.2, -0.15) is 0 Å². The van der Waals surface area contributed by atoms with Gasteiger partial charge in [-0.15, -0.1) is 0 Å². The standard InChI is InChI=1S/C16H21F2NO2/c17-16(18)13-5-3-4-12(10-13)11-19-9-2-1-6-14(19)7-8-15(20)21/h3-5,10,14,16H,1-2,6-9,11H2,(H,20,21). The topological polar surface area (TPSA) is 40.5 Å². The molecule has 1 atom stereocenters. The summed E-state index contributed by atoms with van der Waals surface area (Å²) in [5.74, 6) is -0.778. The molecule has 5 heteroatoms. The molecule has 1 unspecified atom stereocenters. The Morgan fingerprint density at radius 1 is 1.38 bits per heavy atom. The summed E-state index contributed by atoms with van der Waals surface area (Å²) in [6.45, 7) is 1.52. The van der Waals surface area contributed by atoms with Crippen LogP contribution in [0.3, 0.4) is 0 Å². The summed E-state index contributed by atoms with van der Waals surface area (Å²) in [4.78, 5) is 13.0. The average Bonchev–Trinajstić information content (AvgIpc) is 2.46. The Labute approximate surface area is 123 Å². The first-order valence-electron chi connectivity index (χ1n) is 7.39. The van der Waals surface area contributed by atoms with Gasteiger partial charge in [0.2, 0.25) is 0 Å². The highest BCUT2D eigenvalue weighted by atomic mass is 19.3. The van der Waals surface area contributed by atoms with E-state index in [2.05, 4.69) is 4.90 Å². The van der Waals surface area contributed by atoms with Gasteiger partial charge in [0.05, 0.1) is 0 Å². The number of rotatable bonds is 6. The molecular formula is C16H21F2NO2. The summed E-state index contributed by atoms with van der Waals surface area (Å²) >= 11 is 0. The summed E-state index contributed by atoms with van der Waals surface area (Å²) in [6, 6.07) is 6.74. The summed E-state index contributed by atoms with van der Waals surface area (Å²) in [5.41, 5.74) is 0.918. The lowest BCUT2D eigenvalue weighted by Gasteiger charge is -2.35. The minimum Gasteiger partial charge on any atom is -0.481 e. The molecule has 1 N–H and O–H groups in total. The van der Waals surface area contributed by atoms with Crippen LogP contribution in [0, 0.1) is 0 Å². The van der Waals surface area contributed by atoms with E-state index in [1.807, 2.05) is 6.07 Å². The third-order valence-electron chi connectivity index (χ3n) is 4.03. The first-order chi connectivity index (χ1) is 10.1. The Bertz CT molecular complexity index is 479. The Morgan fingerprint density at radius 2 is 2.19 bits per heavy atom. The van der Waals surface area contributed by atoms with Crippen molar-refractivity contribution in [2.75, 3.05) is 6.54 Å². The van der Waals surface area contributed by atoms with Gasteiger partial charge in [0, 0.05) is 24.6 Å². The molecule has 1 aliphatic heterocycles. The summed E-state index contributed by atoms with van der Waals surface area (Å²) in [7, 11) is 0. The molecular weight excluding hydrogens is 276 g/mol. The molecule has 2 rings (SSSR count). The van der Waals surface area contributed by atoms with Gasteiger partial charge in [-0.25, -0.2) is 8.78 Å². The number of halogens is 2. The number of likely N-dealkylation sites (tertiary alicyclic amines) is 1. The second kappa shape index (κ2) is 7.50. The molecule has 0 aliphatic carbocycles. The van der Waals surface area contributed by atoms with Crippen molar-refractivity contribution in [2.45, 2.75) is 51.1 Å². The minimum atomic E-state index is -2.45. The lowest BCUT2D eigenvalue weighted by atomic mass is 9.97. The number of piperidine rings is 1. The molecule has 0 aromatic heterocycles. The van der Waals surface area contributed by atoms with Gasteiger partial charge in [-0.05, 0) is 37.4 Å². The first kappa shape index (κ1) is 15.9. The van der Waals surface area contributed by atoms with E-state index >= 15 is 0 Å². The fourth-order valence-electron chi connectivity index (χ4n) is 2.95. The molecule has 1 aromatic rings. The number of carboxylic acids is 1. The van der Waals surface area contributed by atoms with Crippen LogP contribution in [0.25, 0.3) is 0 Å². The maximum atomic E-state index is 12.7. The van der Waals surface area contributed by atoms with Crippen LogP contribution >= 0.6 is 0 Å². The normalized spacial score (nSPS) is 19.9. The highest BCUT2D eigenvalue weighted by molar-refractivity contribution is 5.66. The van der Waals surface area contributed by atoms with Gasteiger partial charge in [0.25, 0.3) is 6.43 Å². The fraction of sp³-hybridized carbons (Fsp3) is 0.562. The third-order valence-corrected chi connectivity index (χ3v) is 4.03. The monoisotopic (exact) mass is 297 g/mol. The van der Waals surface area contributed by atoms with Crippen LogP contribution in [0.5, 0.6) is 0 Å². The van der Waals surface area contributed by atoms with Crippen LogP contribution in [-0.2, 0) is 11.3 Å². The SMILES string of the molecule is O=C(O)CCC1CCCCN1Cc1cccc(C(F)F)c1. The molecule has 3 nitrogen and oxygen atoms in total. The highest BCUT2D eigenvalue weighted by Gasteiger charge is 2.23. The molecule has 1 aliphatic rings. The van der Waals surface area contributed by atoms with Crippen molar-refractivity contribution >= 4 is 5.97 Å². The number of carbonyl (C=O) groups is 1. The van der Waals surface area contributed by atoms with Gasteiger partial charge in [0.1, 0.15) is 0 Å². The third kappa shape index (κ3) is 4.77. The van der Waals surface area contributed by atoms with E-state index < -0.39 is 12.4 Å². The van der Waals surface area contributed by atoms with Crippen molar-refractivity contribution in [1.82, 2.24) is 4.90 Å². The van der Waals surface area contributed by atoms with Crippen molar-refractivity contribution in [1.29, 1.82) is 0 Å². The van der Waals surface area contributed by atoms with Crippen molar-refractivity contribution in [2.24, 2.45) is 0 Å². The van der Waals surface area contributed by atoms with E-state index in [9.17, 15) is 13.6 Å². The number of hydrogen-bond acceptors (Lipinski definition) is 2. The molecule has 0 saturated carbocycles. The van der Waals surface area contributed by atoms with Gasteiger partial charge >= 0.3 is 5.97 Å². The van der Waals surface area contributed by atoms with Gasteiger partial charge in [0.15, 0.2) is 0 Å². The fourth-order valence-corrected chi connectivity index (χ4v) is 2.95. The zero-order valence-electron chi connectivity index (χ0n) is 12.0. The number of alkyl halides is 2. The molecule has 116 valence electrons. The molecule has 0 spiro atoms. The van der Waals surface area contributed by atoms with Crippen molar-refractivity contribution in [3.63, 3.8) is 0 Å². The van der Waals surface area contributed by atoms with E-state index in [0.29, 0.717) is 13.0 Å². The molecule has 1 saturated heterocycles. The summed E-state index contributed by atoms with van der Waals surface area (Å²) < 4.78 is 25.5. The van der Waals surface area contributed by atoms with Crippen molar-refractivity contribution in [3.05, 3.63) is 35.4 Å². The van der Waals surface area contributed by atoms with Crippen molar-refractivity contribution in [3.8, 4) is 0 Å². The maximum Gasteiger partial charge on any atom is 0.303 e. The maximum absolute atomic E-state index is 12.7. The Hall–Kier alpha value is -1.49.